The Labute approximate surface area is 146 Å². The molecule has 0 aromatic heterocycles. The molecular formula is C17H25IN2O2. The van der Waals surface area contributed by atoms with Gasteiger partial charge in [0.05, 0.1) is 0 Å². The molecule has 2 unspecified atom stereocenters. The molecule has 1 fully saturated rings. The number of halogens is 1. The molecule has 0 radical (unpaired) electrons. The van der Waals surface area contributed by atoms with E-state index >= 15 is 0 Å². The summed E-state index contributed by atoms with van der Waals surface area (Å²) < 4.78 is 6.57. The Morgan fingerprint density at radius 2 is 1.91 bits per heavy atom. The summed E-state index contributed by atoms with van der Waals surface area (Å²) in [6, 6.07) is 8.87. The first-order valence-electron chi connectivity index (χ1n) is 7.84. The van der Waals surface area contributed by atoms with Crippen molar-refractivity contribution in [1.82, 2.24) is 5.32 Å². The van der Waals surface area contributed by atoms with Gasteiger partial charge < -0.3 is 15.4 Å². The summed E-state index contributed by atoms with van der Waals surface area (Å²) in [5.74, 6) is 0. The zero-order chi connectivity index (χ0) is 16.2. The lowest BCUT2D eigenvalue weighted by atomic mass is 9.91. The molecule has 0 saturated heterocycles. The van der Waals surface area contributed by atoms with E-state index in [1.807, 2.05) is 32.9 Å². The molecule has 0 heterocycles. The van der Waals surface area contributed by atoms with Crippen molar-refractivity contribution in [3.05, 3.63) is 27.8 Å². The minimum absolute atomic E-state index is 0.183. The fourth-order valence-corrected chi connectivity index (χ4v) is 3.27. The lowest BCUT2D eigenvalue weighted by molar-refractivity contribution is 0.0492. The van der Waals surface area contributed by atoms with Gasteiger partial charge >= 0.3 is 6.09 Å². The van der Waals surface area contributed by atoms with E-state index < -0.39 is 5.60 Å². The Morgan fingerprint density at radius 1 is 1.23 bits per heavy atom. The standard InChI is InChI=1S/C17H25IN2O2/c1-17(2,3)22-16(21)20-13-8-6-7-12(11-13)19-15-10-5-4-9-14(15)18/h4-5,9-10,12-13,19H,6-8,11H2,1-3H3,(H,20,21). The fraction of sp³-hybridized carbons (Fsp3) is 0.588. The number of carbonyl (C=O) groups is 1. The van der Waals surface area contributed by atoms with Crippen LogP contribution in [0.4, 0.5) is 10.5 Å². The predicted octanol–water partition coefficient (Wildman–Crippen LogP) is 4.54. The Kier molecular flexibility index (Phi) is 5.94. The molecule has 1 aliphatic carbocycles. The van der Waals surface area contributed by atoms with Crippen LogP contribution in [0, 0.1) is 3.57 Å². The quantitative estimate of drug-likeness (QED) is 0.712. The number of hydrogen-bond acceptors (Lipinski definition) is 3. The second-order valence-corrected chi connectivity index (χ2v) is 7.99. The summed E-state index contributed by atoms with van der Waals surface area (Å²) in [4.78, 5) is 11.9. The Hall–Kier alpha value is -0.980. The summed E-state index contributed by atoms with van der Waals surface area (Å²) in [5, 5.41) is 6.60. The van der Waals surface area contributed by atoms with Crippen LogP contribution in [0.2, 0.25) is 0 Å². The molecule has 1 saturated carbocycles. The highest BCUT2D eigenvalue weighted by Crippen LogP contribution is 2.25. The lowest BCUT2D eigenvalue weighted by Gasteiger charge is -2.32. The maximum absolute atomic E-state index is 11.9. The van der Waals surface area contributed by atoms with Crippen LogP contribution < -0.4 is 10.6 Å². The second kappa shape index (κ2) is 7.53. The van der Waals surface area contributed by atoms with Crippen LogP contribution in [-0.4, -0.2) is 23.8 Å². The third kappa shape index (κ3) is 5.66. The number of nitrogens with one attached hydrogen (secondary N) is 2. The predicted molar refractivity (Wildman–Crippen MR) is 98.2 cm³/mol. The van der Waals surface area contributed by atoms with Gasteiger partial charge in [-0.2, -0.15) is 0 Å². The summed E-state index contributed by atoms with van der Waals surface area (Å²) in [7, 11) is 0. The molecule has 1 aromatic rings. The van der Waals surface area contributed by atoms with Crippen LogP contribution in [0.25, 0.3) is 0 Å². The monoisotopic (exact) mass is 416 g/mol. The third-order valence-corrected chi connectivity index (χ3v) is 4.57. The van der Waals surface area contributed by atoms with Gasteiger partial charge in [-0.05, 0) is 81.2 Å². The van der Waals surface area contributed by atoms with Crippen molar-refractivity contribution in [2.24, 2.45) is 0 Å². The number of anilines is 1. The maximum atomic E-state index is 11.9. The van der Waals surface area contributed by atoms with Crippen LogP contribution >= 0.6 is 22.6 Å². The van der Waals surface area contributed by atoms with Crippen molar-refractivity contribution >= 4 is 34.4 Å². The van der Waals surface area contributed by atoms with Crippen molar-refractivity contribution in [3.8, 4) is 0 Å². The molecule has 1 aromatic carbocycles. The van der Waals surface area contributed by atoms with Crippen LogP contribution in [0.15, 0.2) is 24.3 Å². The highest BCUT2D eigenvalue weighted by Gasteiger charge is 2.25. The molecule has 2 N–H and O–H groups in total. The normalized spacial score (nSPS) is 22.0. The third-order valence-electron chi connectivity index (χ3n) is 3.63. The van der Waals surface area contributed by atoms with Gasteiger partial charge in [0, 0.05) is 21.3 Å². The smallest absolute Gasteiger partial charge is 0.407 e. The minimum Gasteiger partial charge on any atom is -0.444 e. The van der Waals surface area contributed by atoms with Gasteiger partial charge in [0.15, 0.2) is 0 Å². The van der Waals surface area contributed by atoms with Crippen molar-refractivity contribution in [3.63, 3.8) is 0 Å². The number of amides is 1. The molecule has 2 atom stereocenters. The van der Waals surface area contributed by atoms with Gasteiger partial charge in [0.2, 0.25) is 0 Å². The molecule has 122 valence electrons. The lowest BCUT2D eigenvalue weighted by Crippen LogP contribution is -2.43. The van der Waals surface area contributed by atoms with E-state index in [9.17, 15) is 4.79 Å². The largest absolute Gasteiger partial charge is 0.444 e. The molecule has 0 aliphatic heterocycles. The van der Waals surface area contributed by atoms with Crippen molar-refractivity contribution < 1.29 is 9.53 Å². The summed E-state index contributed by atoms with van der Waals surface area (Å²) >= 11 is 2.34. The van der Waals surface area contributed by atoms with Crippen LogP contribution in [0.1, 0.15) is 46.5 Å². The zero-order valence-corrected chi connectivity index (χ0v) is 15.6. The van der Waals surface area contributed by atoms with E-state index in [-0.39, 0.29) is 12.1 Å². The SMILES string of the molecule is CC(C)(C)OC(=O)NC1CCCC(Nc2ccccc2I)C1. The average Bonchev–Trinajstić information content (AvgIpc) is 2.39. The number of benzene rings is 1. The number of ether oxygens (including phenoxy) is 1. The second-order valence-electron chi connectivity index (χ2n) is 6.83. The topological polar surface area (TPSA) is 50.4 Å². The van der Waals surface area contributed by atoms with E-state index in [0.29, 0.717) is 6.04 Å². The molecule has 0 bridgehead atoms. The summed E-state index contributed by atoms with van der Waals surface area (Å²) in [5.41, 5.74) is 0.724. The first-order chi connectivity index (χ1) is 10.3. The van der Waals surface area contributed by atoms with Crippen molar-refractivity contribution in [2.75, 3.05) is 5.32 Å². The van der Waals surface area contributed by atoms with Crippen LogP contribution in [0.5, 0.6) is 0 Å². The molecule has 4 nitrogen and oxygen atoms in total. The van der Waals surface area contributed by atoms with E-state index in [1.165, 1.54) is 9.26 Å². The fourth-order valence-electron chi connectivity index (χ4n) is 2.72. The first-order valence-corrected chi connectivity index (χ1v) is 8.92. The van der Waals surface area contributed by atoms with Crippen molar-refractivity contribution in [1.29, 1.82) is 0 Å². The number of para-hydroxylation sites is 1. The Bertz CT molecular complexity index is 514. The van der Waals surface area contributed by atoms with E-state index in [2.05, 4.69) is 45.4 Å². The molecular weight excluding hydrogens is 391 g/mol. The van der Waals surface area contributed by atoms with Gasteiger partial charge in [-0.3, -0.25) is 0 Å². The molecule has 1 aliphatic rings. The van der Waals surface area contributed by atoms with Gasteiger partial charge in [-0.25, -0.2) is 4.79 Å². The number of rotatable bonds is 3. The van der Waals surface area contributed by atoms with E-state index in [4.69, 9.17) is 4.74 Å². The Balaban J connectivity index is 1.87. The number of hydrogen-bond donors (Lipinski definition) is 2. The van der Waals surface area contributed by atoms with Gasteiger partial charge in [-0.1, -0.05) is 12.1 Å². The van der Waals surface area contributed by atoms with Gasteiger partial charge in [0.1, 0.15) is 5.60 Å². The highest BCUT2D eigenvalue weighted by atomic mass is 127. The van der Waals surface area contributed by atoms with E-state index in [1.54, 1.807) is 0 Å². The van der Waals surface area contributed by atoms with Crippen LogP contribution in [0.3, 0.4) is 0 Å². The van der Waals surface area contributed by atoms with E-state index in [0.717, 1.165) is 25.7 Å². The molecule has 2 rings (SSSR count). The average molecular weight is 416 g/mol. The first kappa shape index (κ1) is 17.4. The molecule has 0 spiro atoms. The number of alkyl carbamates (subject to hydrolysis) is 1. The van der Waals surface area contributed by atoms with Crippen LogP contribution in [-0.2, 0) is 4.74 Å². The molecule has 1 amide bonds. The zero-order valence-electron chi connectivity index (χ0n) is 13.5. The Morgan fingerprint density at radius 3 is 2.59 bits per heavy atom. The minimum atomic E-state index is -0.448. The van der Waals surface area contributed by atoms with Gasteiger partial charge in [0.25, 0.3) is 0 Å². The highest BCUT2D eigenvalue weighted by molar-refractivity contribution is 14.1. The van der Waals surface area contributed by atoms with Gasteiger partial charge in [-0.15, -0.1) is 0 Å². The molecule has 22 heavy (non-hydrogen) atoms. The molecule has 5 heteroatoms. The number of carbonyl (C=O) groups excluding carboxylic acids is 1. The van der Waals surface area contributed by atoms with Crippen molar-refractivity contribution in [2.45, 2.75) is 64.1 Å². The maximum Gasteiger partial charge on any atom is 0.407 e. The summed E-state index contributed by atoms with van der Waals surface area (Å²) in [6.45, 7) is 5.65. The summed E-state index contributed by atoms with van der Waals surface area (Å²) in [6.07, 6.45) is 3.89.